The summed E-state index contributed by atoms with van der Waals surface area (Å²) in [6, 6.07) is 34.9. The highest BCUT2D eigenvalue weighted by Gasteiger charge is 2.36. The van der Waals surface area contributed by atoms with Crippen LogP contribution in [0.2, 0.25) is 0 Å². The summed E-state index contributed by atoms with van der Waals surface area (Å²) in [6.45, 7) is 24.7. The largest absolute Gasteiger partial charge is 0.456 e. The Hall–Kier alpha value is -7.35. The summed E-state index contributed by atoms with van der Waals surface area (Å²) in [6.07, 6.45) is 0.301. The summed E-state index contributed by atoms with van der Waals surface area (Å²) >= 11 is 0. The molecule has 0 spiro atoms. The summed E-state index contributed by atoms with van der Waals surface area (Å²) in [5.41, 5.74) is 7.62. The zero-order valence-electron chi connectivity index (χ0n) is 49.0. The maximum absolute atomic E-state index is 15.4. The smallest absolute Gasteiger partial charge is 0.255 e. The van der Waals surface area contributed by atoms with Gasteiger partial charge >= 0.3 is 0 Å². The molecule has 2 heterocycles. The number of rotatable bonds is 28. The number of carbonyl (C=O) groups excluding carboxylic acids is 4. The lowest BCUT2D eigenvalue weighted by molar-refractivity contribution is -0.129. The lowest BCUT2D eigenvalue weighted by Gasteiger charge is -2.36. The standard InChI is InChI=1S/C66H82N6O9/c1-10-69(11-2)51-28-30-55-58(44-51)81-59-45-52(70(12-3)13-4)29-31-56(59)62(55)53-23-17-18-24-54(53)65(76)71(63(47(5)6)64(75)68-66(7,8)9)35-37-78-39-41-80-43-42-79-40-38-77-36-33-60(73)67-34-32-61(74)72-46-50-22-15-14-20-48(50)26-27-49-21-16-19-25-57(49)72/h14-25,28-31,44-45,47,63H,10-13,32-43,46H2,1-9H3,(H-,67,68,73,75)/p+1. The van der Waals surface area contributed by atoms with Crippen molar-refractivity contribution in [2.45, 2.75) is 93.3 Å². The highest BCUT2D eigenvalue weighted by atomic mass is 16.6. The first-order valence-corrected chi connectivity index (χ1v) is 28.8. The molecule has 0 radical (unpaired) electrons. The van der Waals surface area contributed by atoms with Gasteiger partial charge in [0, 0.05) is 95.6 Å². The molecule has 3 aliphatic rings. The Morgan fingerprint density at radius 1 is 0.704 bits per heavy atom. The van der Waals surface area contributed by atoms with Crippen LogP contribution in [0, 0.1) is 17.8 Å². The van der Waals surface area contributed by atoms with Gasteiger partial charge in [0.25, 0.3) is 5.91 Å². The number of fused-ring (bicyclic) bond motifs is 4. The second-order valence-corrected chi connectivity index (χ2v) is 21.4. The van der Waals surface area contributed by atoms with Crippen LogP contribution >= 0.6 is 0 Å². The van der Waals surface area contributed by atoms with Crippen molar-refractivity contribution in [1.82, 2.24) is 20.1 Å². The van der Waals surface area contributed by atoms with E-state index >= 15 is 4.79 Å². The van der Waals surface area contributed by atoms with Gasteiger partial charge in [-0.25, -0.2) is 4.58 Å². The average molecular weight is 1100 g/mol. The molecular weight excluding hydrogens is 1020 g/mol. The van der Waals surface area contributed by atoms with Crippen LogP contribution in [0.4, 0.5) is 11.4 Å². The fraction of sp³-hybridized carbons (Fsp3) is 0.439. The van der Waals surface area contributed by atoms with E-state index in [4.69, 9.17) is 23.4 Å². The number of ether oxygens (including phenoxy) is 4. The first-order chi connectivity index (χ1) is 39.2. The van der Waals surface area contributed by atoms with Gasteiger partial charge < -0.3 is 48.7 Å². The number of amides is 4. The molecule has 4 aromatic rings. The molecule has 0 saturated heterocycles. The predicted molar refractivity (Wildman–Crippen MR) is 321 cm³/mol. The number of carbonyl (C=O) groups is 4. The van der Waals surface area contributed by atoms with Crippen molar-refractivity contribution in [2.75, 3.05) is 102 Å². The molecule has 2 aliphatic heterocycles. The molecule has 0 saturated carbocycles. The Bertz CT molecular complexity index is 3190. The van der Waals surface area contributed by atoms with Crippen LogP contribution in [0.1, 0.15) is 102 Å². The van der Waals surface area contributed by atoms with Crippen molar-refractivity contribution in [3.8, 4) is 34.3 Å². The quantitative estimate of drug-likeness (QED) is 0.0210. The van der Waals surface area contributed by atoms with Gasteiger partial charge in [-0.05, 0) is 108 Å². The van der Waals surface area contributed by atoms with Crippen LogP contribution in [-0.2, 0) is 39.9 Å². The highest BCUT2D eigenvalue weighted by Crippen LogP contribution is 2.42. The van der Waals surface area contributed by atoms with E-state index < -0.39 is 11.6 Å². The third-order valence-corrected chi connectivity index (χ3v) is 14.3. The van der Waals surface area contributed by atoms with Gasteiger partial charge in [0.15, 0.2) is 0 Å². The first kappa shape index (κ1) is 61.3. The number of nitrogens with zero attached hydrogens (tertiary/aromatic N) is 4. The number of para-hydroxylation sites is 1. The van der Waals surface area contributed by atoms with E-state index in [1.54, 1.807) is 9.80 Å². The zero-order valence-corrected chi connectivity index (χ0v) is 49.0. The third kappa shape index (κ3) is 16.4. The first-order valence-electron chi connectivity index (χ1n) is 28.8. The van der Waals surface area contributed by atoms with E-state index in [-0.39, 0.29) is 75.3 Å². The molecule has 4 amide bonds. The monoisotopic (exact) mass is 1100 g/mol. The Morgan fingerprint density at radius 2 is 1.33 bits per heavy atom. The minimum atomic E-state index is -0.799. The van der Waals surface area contributed by atoms with Gasteiger partial charge in [-0.1, -0.05) is 74.2 Å². The van der Waals surface area contributed by atoms with Crippen LogP contribution in [0.3, 0.4) is 0 Å². The molecule has 430 valence electrons. The van der Waals surface area contributed by atoms with Crippen molar-refractivity contribution in [3.05, 3.63) is 137 Å². The summed E-state index contributed by atoms with van der Waals surface area (Å²) < 4.78 is 32.3. The SMILES string of the molecule is CCN(CC)c1ccc2c(-c3ccccc3C(=O)N(CCOCCOCCOCCOCCC(=O)NCCC(=O)N3Cc4ccccc4C#Cc4ccccc43)C(C(=O)NC(C)(C)C)C(C)C)c3ccc(=[N+](CC)CC)cc-3oc2c1. The van der Waals surface area contributed by atoms with Crippen molar-refractivity contribution >= 4 is 46.0 Å². The molecule has 1 atom stereocenters. The fourth-order valence-corrected chi connectivity index (χ4v) is 10.2. The number of hydrogen-bond acceptors (Lipinski definition) is 10. The van der Waals surface area contributed by atoms with E-state index in [0.29, 0.717) is 56.5 Å². The molecular formula is C66H83N6O9+. The summed E-state index contributed by atoms with van der Waals surface area (Å²) in [5, 5.41) is 7.92. The van der Waals surface area contributed by atoms with Crippen LogP contribution in [0.15, 0.2) is 114 Å². The lowest BCUT2D eigenvalue weighted by atomic mass is 9.89. The Labute approximate surface area is 478 Å². The summed E-state index contributed by atoms with van der Waals surface area (Å²) in [7, 11) is 0. The minimum absolute atomic E-state index is 0.0999. The molecule has 1 aliphatic carbocycles. The Balaban J connectivity index is 0.899. The second kappa shape index (κ2) is 29.9. The van der Waals surface area contributed by atoms with Crippen LogP contribution < -0.4 is 30.4 Å². The van der Waals surface area contributed by atoms with Crippen molar-refractivity contribution in [1.29, 1.82) is 0 Å². The van der Waals surface area contributed by atoms with Gasteiger partial charge in [0.1, 0.15) is 30.5 Å². The topological polar surface area (TPSA) is 155 Å². The molecule has 81 heavy (non-hydrogen) atoms. The van der Waals surface area contributed by atoms with E-state index in [9.17, 15) is 14.4 Å². The lowest BCUT2D eigenvalue weighted by Crippen LogP contribution is -2.56. The van der Waals surface area contributed by atoms with Gasteiger partial charge in [-0.2, -0.15) is 0 Å². The molecule has 4 aromatic carbocycles. The van der Waals surface area contributed by atoms with Gasteiger partial charge in [0.05, 0.1) is 71.2 Å². The molecule has 0 bridgehead atoms. The average Bonchev–Trinajstić information content (AvgIpc) is 3.44. The van der Waals surface area contributed by atoms with Crippen molar-refractivity contribution in [3.63, 3.8) is 0 Å². The van der Waals surface area contributed by atoms with E-state index in [2.05, 4.69) is 96.0 Å². The van der Waals surface area contributed by atoms with Crippen molar-refractivity contribution < 1.29 is 42.5 Å². The van der Waals surface area contributed by atoms with E-state index in [1.807, 2.05) is 107 Å². The number of hydrogen-bond donors (Lipinski definition) is 2. The normalized spacial score (nSPS) is 12.4. The van der Waals surface area contributed by atoms with Gasteiger partial charge in [-0.3, -0.25) is 19.2 Å². The molecule has 15 heteroatoms. The fourth-order valence-electron chi connectivity index (χ4n) is 10.2. The van der Waals surface area contributed by atoms with E-state index in [0.717, 1.165) is 81.7 Å². The van der Waals surface area contributed by atoms with Crippen LogP contribution in [0.25, 0.3) is 33.4 Å². The van der Waals surface area contributed by atoms with Gasteiger partial charge in [0.2, 0.25) is 23.1 Å². The van der Waals surface area contributed by atoms with E-state index in [1.165, 1.54) is 0 Å². The molecule has 7 rings (SSSR count). The van der Waals surface area contributed by atoms with Gasteiger partial charge in [-0.15, -0.1) is 0 Å². The molecule has 1 unspecified atom stereocenters. The number of anilines is 2. The maximum atomic E-state index is 15.4. The second-order valence-electron chi connectivity index (χ2n) is 21.4. The number of benzene rings is 5. The molecule has 15 nitrogen and oxygen atoms in total. The molecule has 0 aromatic heterocycles. The van der Waals surface area contributed by atoms with Crippen molar-refractivity contribution in [2.24, 2.45) is 5.92 Å². The molecule has 2 N–H and O–H groups in total. The third-order valence-electron chi connectivity index (χ3n) is 14.3. The van der Waals surface area contributed by atoms with Crippen LogP contribution in [0.5, 0.6) is 0 Å². The summed E-state index contributed by atoms with van der Waals surface area (Å²) in [4.78, 5) is 61.4. The Morgan fingerprint density at radius 3 is 2.01 bits per heavy atom. The summed E-state index contributed by atoms with van der Waals surface area (Å²) in [5.74, 6) is 6.11. The zero-order chi connectivity index (χ0) is 57.9. The predicted octanol–water partition coefficient (Wildman–Crippen LogP) is 9.15. The van der Waals surface area contributed by atoms with Crippen LogP contribution in [-0.4, -0.2) is 132 Å². The minimum Gasteiger partial charge on any atom is -0.456 e. The highest BCUT2D eigenvalue weighted by molar-refractivity contribution is 6.10. The Kier molecular flexibility index (Phi) is 22.6. The maximum Gasteiger partial charge on any atom is 0.255 e. The number of nitrogens with one attached hydrogen (secondary N) is 2. The molecule has 0 fully saturated rings.